The summed E-state index contributed by atoms with van der Waals surface area (Å²) in [4.78, 5) is 2.32. The van der Waals surface area contributed by atoms with Gasteiger partial charge in [0, 0.05) is 29.0 Å². The van der Waals surface area contributed by atoms with E-state index in [2.05, 4.69) is 32.1 Å². The maximum Gasteiger partial charge on any atom is 0.143 e. The van der Waals surface area contributed by atoms with Gasteiger partial charge in [0.05, 0.1) is 7.11 Å². The molecule has 1 unspecified atom stereocenters. The second kappa shape index (κ2) is 6.95. The van der Waals surface area contributed by atoms with Crippen LogP contribution in [0.25, 0.3) is 0 Å². The molecule has 1 aromatic rings. The van der Waals surface area contributed by atoms with Crippen LogP contribution in [0.15, 0.2) is 27.8 Å². The van der Waals surface area contributed by atoms with Crippen LogP contribution in [0, 0.1) is 5.92 Å². The molecule has 0 amide bonds. The lowest BCUT2D eigenvalue weighted by molar-refractivity contribution is 0.191. The third-order valence-corrected chi connectivity index (χ3v) is 4.17. The van der Waals surface area contributed by atoms with Gasteiger partial charge in [-0.1, -0.05) is 21.1 Å². The normalized spacial score (nSPS) is 20.9. The number of nitrogens with two attached hydrogens (primary N) is 1. The first kappa shape index (κ1) is 15.1. The highest BCUT2D eigenvalue weighted by molar-refractivity contribution is 9.10. The van der Waals surface area contributed by atoms with Crippen molar-refractivity contribution < 1.29 is 9.94 Å². The molecule has 6 heteroatoms. The summed E-state index contributed by atoms with van der Waals surface area (Å²) in [6.45, 7) is 2.63. The van der Waals surface area contributed by atoms with Crippen molar-refractivity contribution >= 4 is 21.8 Å². The smallest absolute Gasteiger partial charge is 0.143 e. The molecule has 1 heterocycles. The Kier molecular flexibility index (Phi) is 5.25. The van der Waals surface area contributed by atoms with Gasteiger partial charge in [0.2, 0.25) is 0 Å². The number of amidine groups is 1. The molecule has 1 saturated heterocycles. The van der Waals surface area contributed by atoms with Crippen molar-refractivity contribution in [2.45, 2.75) is 19.4 Å². The van der Waals surface area contributed by atoms with Crippen molar-refractivity contribution in [3.05, 3.63) is 28.2 Å². The lowest BCUT2D eigenvalue weighted by atomic mass is 9.96. The van der Waals surface area contributed by atoms with E-state index in [1.165, 1.54) is 0 Å². The Balaban J connectivity index is 2.08. The number of ether oxygens (including phenoxy) is 1. The molecule has 1 aromatic carbocycles. The molecule has 1 aliphatic heterocycles. The Morgan fingerprint density at radius 1 is 1.60 bits per heavy atom. The third-order valence-electron chi connectivity index (χ3n) is 3.68. The van der Waals surface area contributed by atoms with Crippen LogP contribution in [0.2, 0.25) is 0 Å². The number of hydrogen-bond donors (Lipinski definition) is 2. The molecular weight excluding hydrogens is 322 g/mol. The molecule has 0 spiro atoms. The van der Waals surface area contributed by atoms with E-state index in [1.807, 2.05) is 12.1 Å². The summed E-state index contributed by atoms with van der Waals surface area (Å²) in [6.07, 6.45) is 2.03. The molecule has 0 radical (unpaired) electrons. The van der Waals surface area contributed by atoms with Gasteiger partial charge in [-0.05, 0) is 37.6 Å². The number of nitrogens with zero attached hydrogens (tertiary/aromatic N) is 2. The van der Waals surface area contributed by atoms with E-state index in [0.717, 1.165) is 48.3 Å². The van der Waals surface area contributed by atoms with Crippen LogP contribution < -0.4 is 10.5 Å². The van der Waals surface area contributed by atoms with E-state index in [4.69, 9.17) is 15.7 Å². The zero-order valence-corrected chi connectivity index (χ0v) is 13.1. The number of hydrogen-bond acceptors (Lipinski definition) is 4. The fraction of sp³-hybridized carbons (Fsp3) is 0.500. The Morgan fingerprint density at radius 3 is 3.10 bits per heavy atom. The standard InChI is InChI=1S/C14H20BrN3O2/c1-20-13-5-4-12(15)7-11(13)9-18-6-2-3-10(8-18)14(16)17-19/h4-5,7,10,19H,2-3,6,8-9H2,1H3,(H2,16,17). The first-order valence-electron chi connectivity index (χ1n) is 6.66. The van der Waals surface area contributed by atoms with E-state index in [0.29, 0.717) is 5.84 Å². The minimum Gasteiger partial charge on any atom is -0.496 e. The summed E-state index contributed by atoms with van der Waals surface area (Å²) >= 11 is 3.49. The quantitative estimate of drug-likeness (QED) is 0.382. The number of benzene rings is 1. The lowest BCUT2D eigenvalue weighted by Crippen LogP contribution is -2.40. The molecule has 110 valence electrons. The van der Waals surface area contributed by atoms with Gasteiger partial charge in [0.1, 0.15) is 11.6 Å². The van der Waals surface area contributed by atoms with Crippen molar-refractivity contribution in [2.75, 3.05) is 20.2 Å². The average Bonchev–Trinajstić information content (AvgIpc) is 2.47. The molecule has 5 nitrogen and oxygen atoms in total. The number of methoxy groups -OCH3 is 1. The minimum absolute atomic E-state index is 0.131. The maximum atomic E-state index is 8.80. The Labute approximate surface area is 127 Å². The summed E-state index contributed by atoms with van der Waals surface area (Å²) in [5.74, 6) is 1.35. The van der Waals surface area contributed by atoms with Crippen LogP contribution in [0.4, 0.5) is 0 Å². The fourth-order valence-electron chi connectivity index (χ4n) is 2.63. The van der Waals surface area contributed by atoms with Crippen LogP contribution in [-0.4, -0.2) is 36.1 Å². The van der Waals surface area contributed by atoms with Crippen molar-refractivity contribution in [3.63, 3.8) is 0 Å². The molecule has 3 N–H and O–H groups in total. The molecule has 20 heavy (non-hydrogen) atoms. The van der Waals surface area contributed by atoms with Crippen LogP contribution in [-0.2, 0) is 6.54 Å². The second-order valence-electron chi connectivity index (χ2n) is 5.06. The largest absolute Gasteiger partial charge is 0.496 e. The fourth-order valence-corrected chi connectivity index (χ4v) is 3.04. The van der Waals surface area contributed by atoms with Crippen LogP contribution >= 0.6 is 15.9 Å². The van der Waals surface area contributed by atoms with Gasteiger partial charge in [0.15, 0.2) is 0 Å². The van der Waals surface area contributed by atoms with Crippen LogP contribution in [0.1, 0.15) is 18.4 Å². The molecular formula is C14H20BrN3O2. The van der Waals surface area contributed by atoms with E-state index >= 15 is 0 Å². The first-order valence-corrected chi connectivity index (χ1v) is 7.45. The van der Waals surface area contributed by atoms with Crippen LogP contribution in [0.3, 0.4) is 0 Å². The third kappa shape index (κ3) is 3.64. The molecule has 1 aliphatic rings. The average molecular weight is 342 g/mol. The van der Waals surface area contributed by atoms with Crippen LogP contribution in [0.5, 0.6) is 5.75 Å². The van der Waals surface area contributed by atoms with E-state index in [1.54, 1.807) is 7.11 Å². The summed E-state index contributed by atoms with van der Waals surface area (Å²) in [5, 5.41) is 11.9. The summed E-state index contributed by atoms with van der Waals surface area (Å²) in [7, 11) is 1.68. The molecule has 1 atom stereocenters. The number of oxime groups is 1. The predicted octanol–water partition coefficient (Wildman–Crippen LogP) is 2.42. The van der Waals surface area contributed by atoms with Gasteiger partial charge in [-0.15, -0.1) is 0 Å². The Bertz CT molecular complexity index is 493. The zero-order valence-electron chi connectivity index (χ0n) is 11.6. The van der Waals surface area contributed by atoms with Gasteiger partial charge in [0.25, 0.3) is 0 Å². The van der Waals surface area contributed by atoms with Gasteiger partial charge in [-0.25, -0.2) is 0 Å². The monoisotopic (exact) mass is 341 g/mol. The minimum atomic E-state index is 0.131. The van der Waals surface area contributed by atoms with E-state index in [-0.39, 0.29) is 5.92 Å². The number of likely N-dealkylation sites (tertiary alicyclic amines) is 1. The topological polar surface area (TPSA) is 71.1 Å². The van der Waals surface area contributed by atoms with Gasteiger partial charge in [-0.2, -0.15) is 0 Å². The molecule has 0 bridgehead atoms. The Morgan fingerprint density at radius 2 is 2.40 bits per heavy atom. The molecule has 0 saturated carbocycles. The van der Waals surface area contributed by atoms with E-state index in [9.17, 15) is 0 Å². The number of piperidine rings is 1. The molecule has 0 aromatic heterocycles. The zero-order chi connectivity index (χ0) is 14.5. The second-order valence-corrected chi connectivity index (χ2v) is 5.97. The molecule has 0 aliphatic carbocycles. The van der Waals surface area contributed by atoms with Crippen molar-refractivity contribution in [1.29, 1.82) is 0 Å². The van der Waals surface area contributed by atoms with Crippen molar-refractivity contribution in [1.82, 2.24) is 4.90 Å². The SMILES string of the molecule is COc1ccc(Br)cc1CN1CCCC(C(N)=NO)C1. The highest BCUT2D eigenvalue weighted by Gasteiger charge is 2.23. The Hall–Kier alpha value is -1.27. The van der Waals surface area contributed by atoms with Crippen molar-refractivity contribution in [2.24, 2.45) is 16.8 Å². The lowest BCUT2D eigenvalue weighted by Gasteiger charge is -2.32. The number of halogens is 1. The van der Waals surface area contributed by atoms with Gasteiger partial charge >= 0.3 is 0 Å². The maximum absolute atomic E-state index is 8.80. The number of rotatable bonds is 4. The highest BCUT2D eigenvalue weighted by atomic mass is 79.9. The summed E-state index contributed by atoms with van der Waals surface area (Å²) in [5.41, 5.74) is 6.87. The molecule has 2 rings (SSSR count). The molecule has 1 fully saturated rings. The van der Waals surface area contributed by atoms with Gasteiger partial charge in [-0.3, -0.25) is 4.90 Å². The van der Waals surface area contributed by atoms with Crippen molar-refractivity contribution in [3.8, 4) is 5.75 Å². The summed E-state index contributed by atoms with van der Waals surface area (Å²) in [6, 6.07) is 6.01. The van der Waals surface area contributed by atoms with E-state index < -0.39 is 0 Å². The van der Waals surface area contributed by atoms with Gasteiger partial charge < -0.3 is 15.7 Å². The predicted molar refractivity (Wildman–Crippen MR) is 82.1 cm³/mol. The first-order chi connectivity index (χ1) is 9.63. The summed E-state index contributed by atoms with van der Waals surface area (Å²) < 4.78 is 6.44. The highest BCUT2D eigenvalue weighted by Crippen LogP contribution is 2.26.